The molecule has 2 rings (SSSR count). The van der Waals surface area contributed by atoms with Gasteiger partial charge in [-0.2, -0.15) is 5.26 Å². The van der Waals surface area contributed by atoms with Crippen molar-refractivity contribution in [1.82, 2.24) is 9.80 Å². The van der Waals surface area contributed by atoms with Gasteiger partial charge in [-0.15, -0.1) is 0 Å². The lowest BCUT2D eigenvalue weighted by Crippen LogP contribution is -2.51. The third-order valence-corrected chi connectivity index (χ3v) is 4.46. The molecule has 0 aromatic heterocycles. The second kappa shape index (κ2) is 7.05. The summed E-state index contributed by atoms with van der Waals surface area (Å²) >= 11 is 0. The molecule has 1 heterocycles. The lowest BCUT2D eigenvalue weighted by atomic mass is 9.79. The van der Waals surface area contributed by atoms with Crippen LogP contribution in [0.5, 0.6) is 0 Å². The summed E-state index contributed by atoms with van der Waals surface area (Å²) in [5, 5.41) is 8.91. The van der Waals surface area contributed by atoms with Gasteiger partial charge in [0, 0.05) is 39.2 Å². The van der Waals surface area contributed by atoms with Gasteiger partial charge in [0.15, 0.2) is 0 Å². The molecular weight excluding hydrogens is 254 g/mol. The molecule has 1 atom stereocenters. The standard InChI is InChI=1S/C15H25N3O2/c1-3-20-14-8-13(9-14)10-15(19)18-6-4-17(5-7-18)12(2)11-16/h12-14H,3-10H2,1-2H3. The number of rotatable bonds is 5. The van der Waals surface area contributed by atoms with Crippen LogP contribution in [0.15, 0.2) is 0 Å². The van der Waals surface area contributed by atoms with Crippen molar-refractivity contribution in [2.75, 3.05) is 32.8 Å². The highest BCUT2D eigenvalue weighted by Gasteiger charge is 2.33. The van der Waals surface area contributed by atoms with Gasteiger partial charge in [0.05, 0.1) is 18.2 Å². The largest absolute Gasteiger partial charge is 0.378 e. The van der Waals surface area contributed by atoms with E-state index in [1.165, 1.54) is 0 Å². The molecule has 0 radical (unpaired) electrons. The first-order chi connectivity index (χ1) is 9.63. The molecule has 1 aliphatic heterocycles. The zero-order chi connectivity index (χ0) is 14.5. The summed E-state index contributed by atoms with van der Waals surface area (Å²) in [7, 11) is 0. The van der Waals surface area contributed by atoms with E-state index in [1.807, 2.05) is 18.7 Å². The molecule has 1 saturated carbocycles. The molecule has 0 spiro atoms. The number of amides is 1. The molecule has 5 heteroatoms. The SMILES string of the molecule is CCOC1CC(CC(=O)N2CCN(C(C)C#N)CC2)C1. The zero-order valence-electron chi connectivity index (χ0n) is 12.5. The van der Waals surface area contributed by atoms with Gasteiger partial charge in [-0.25, -0.2) is 0 Å². The van der Waals surface area contributed by atoms with Crippen LogP contribution in [0.4, 0.5) is 0 Å². The molecule has 1 saturated heterocycles. The van der Waals surface area contributed by atoms with Crippen molar-refractivity contribution in [1.29, 1.82) is 5.26 Å². The minimum atomic E-state index is -0.0502. The lowest BCUT2D eigenvalue weighted by molar-refractivity contribution is -0.136. The van der Waals surface area contributed by atoms with Crippen LogP contribution in [0.25, 0.3) is 0 Å². The minimum absolute atomic E-state index is 0.0502. The number of hydrogen-bond acceptors (Lipinski definition) is 4. The Morgan fingerprint density at radius 3 is 2.55 bits per heavy atom. The molecule has 1 unspecified atom stereocenters. The van der Waals surface area contributed by atoms with Gasteiger partial charge in [-0.1, -0.05) is 0 Å². The summed E-state index contributed by atoms with van der Waals surface area (Å²) in [5.74, 6) is 0.782. The Hall–Kier alpha value is -1.12. The molecule has 1 amide bonds. The molecule has 112 valence electrons. The van der Waals surface area contributed by atoms with Crippen LogP contribution in [0, 0.1) is 17.2 Å². The van der Waals surface area contributed by atoms with Crippen LogP contribution in [-0.4, -0.2) is 60.6 Å². The van der Waals surface area contributed by atoms with E-state index in [1.54, 1.807) is 0 Å². The quantitative estimate of drug-likeness (QED) is 0.760. The number of nitrogens with zero attached hydrogens (tertiary/aromatic N) is 3. The third-order valence-electron chi connectivity index (χ3n) is 4.46. The van der Waals surface area contributed by atoms with Crippen LogP contribution in [-0.2, 0) is 9.53 Å². The molecule has 0 N–H and O–H groups in total. The normalized spacial score (nSPS) is 28.6. The fourth-order valence-electron chi connectivity index (χ4n) is 3.03. The predicted octanol–water partition coefficient (Wildman–Crippen LogP) is 1.25. The summed E-state index contributed by atoms with van der Waals surface area (Å²) in [6.45, 7) is 7.84. The maximum Gasteiger partial charge on any atom is 0.222 e. The van der Waals surface area contributed by atoms with Crippen LogP contribution >= 0.6 is 0 Å². The lowest BCUT2D eigenvalue weighted by Gasteiger charge is -2.39. The highest BCUT2D eigenvalue weighted by molar-refractivity contribution is 5.76. The monoisotopic (exact) mass is 279 g/mol. The van der Waals surface area contributed by atoms with E-state index >= 15 is 0 Å². The average Bonchev–Trinajstić information content (AvgIpc) is 2.44. The topological polar surface area (TPSA) is 56.6 Å². The Morgan fingerprint density at radius 1 is 1.35 bits per heavy atom. The zero-order valence-corrected chi connectivity index (χ0v) is 12.5. The number of piperazine rings is 1. The van der Waals surface area contributed by atoms with Crippen LogP contribution in [0.3, 0.4) is 0 Å². The summed E-state index contributed by atoms with van der Waals surface area (Å²) < 4.78 is 5.53. The first kappa shape index (κ1) is 15.3. The van der Waals surface area contributed by atoms with Gasteiger partial charge in [-0.05, 0) is 32.6 Å². The van der Waals surface area contributed by atoms with E-state index in [2.05, 4.69) is 11.0 Å². The number of carbonyl (C=O) groups is 1. The molecule has 2 fully saturated rings. The van der Waals surface area contributed by atoms with Crippen LogP contribution in [0.2, 0.25) is 0 Å². The Kier molecular flexibility index (Phi) is 5.38. The van der Waals surface area contributed by atoms with Gasteiger partial charge in [0.1, 0.15) is 0 Å². The summed E-state index contributed by atoms with van der Waals surface area (Å²) in [4.78, 5) is 16.3. The molecule has 5 nitrogen and oxygen atoms in total. The van der Waals surface area contributed by atoms with Gasteiger partial charge in [-0.3, -0.25) is 9.69 Å². The van der Waals surface area contributed by atoms with E-state index in [0.29, 0.717) is 18.4 Å². The van der Waals surface area contributed by atoms with Crippen molar-refractivity contribution >= 4 is 5.91 Å². The molecule has 0 aromatic carbocycles. The second-order valence-electron chi connectivity index (χ2n) is 5.84. The van der Waals surface area contributed by atoms with Crippen molar-refractivity contribution in [2.24, 2.45) is 5.92 Å². The number of hydrogen-bond donors (Lipinski definition) is 0. The van der Waals surface area contributed by atoms with E-state index in [9.17, 15) is 4.79 Å². The first-order valence-corrected chi connectivity index (χ1v) is 7.67. The smallest absolute Gasteiger partial charge is 0.222 e. The van der Waals surface area contributed by atoms with Crippen molar-refractivity contribution in [2.45, 2.75) is 45.3 Å². The molecule has 0 bridgehead atoms. The maximum atomic E-state index is 12.2. The van der Waals surface area contributed by atoms with Gasteiger partial charge < -0.3 is 9.64 Å². The second-order valence-corrected chi connectivity index (χ2v) is 5.84. The maximum absolute atomic E-state index is 12.2. The molecule has 20 heavy (non-hydrogen) atoms. The van der Waals surface area contributed by atoms with Crippen molar-refractivity contribution in [3.63, 3.8) is 0 Å². The van der Waals surface area contributed by atoms with Crippen molar-refractivity contribution in [3.05, 3.63) is 0 Å². The molecule has 0 aromatic rings. The Labute approximate surface area is 121 Å². The van der Waals surface area contributed by atoms with Gasteiger partial charge in [0.25, 0.3) is 0 Å². The number of ether oxygens (including phenoxy) is 1. The molecular formula is C15H25N3O2. The first-order valence-electron chi connectivity index (χ1n) is 7.67. The van der Waals surface area contributed by atoms with Crippen LogP contribution in [0.1, 0.15) is 33.1 Å². The third kappa shape index (κ3) is 3.71. The fraction of sp³-hybridized carbons (Fsp3) is 0.867. The number of nitriles is 1. The molecule has 2 aliphatic rings. The highest BCUT2D eigenvalue weighted by Crippen LogP contribution is 2.33. The van der Waals surface area contributed by atoms with E-state index < -0.39 is 0 Å². The van der Waals surface area contributed by atoms with Crippen LogP contribution < -0.4 is 0 Å². The van der Waals surface area contributed by atoms with E-state index in [0.717, 1.165) is 45.6 Å². The van der Waals surface area contributed by atoms with Crippen molar-refractivity contribution in [3.8, 4) is 6.07 Å². The Morgan fingerprint density at radius 2 is 2.00 bits per heavy atom. The average molecular weight is 279 g/mol. The van der Waals surface area contributed by atoms with Crippen molar-refractivity contribution < 1.29 is 9.53 Å². The van der Waals surface area contributed by atoms with E-state index in [4.69, 9.17) is 10.00 Å². The Bertz CT molecular complexity index is 366. The summed E-state index contributed by atoms with van der Waals surface area (Å²) in [6.07, 6.45) is 3.11. The summed E-state index contributed by atoms with van der Waals surface area (Å²) in [6, 6.07) is 2.20. The van der Waals surface area contributed by atoms with E-state index in [-0.39, 0.29) is 11.9 Å². The minimum Gasteiger partial charge on any atom is -0.378 e. The predicted molar refractivity (Wildman–Crippen MR) is 76.0 cm³/mol. The Balaban J connectivity index is 1.67. The number of carbonyl (C=O) groups excluding carboxylic acids is 1. The van der Waals surface area contributed by atoms with Gasteiger partial charge in [0.2, 0.25) is 5.91 Å². The van der Waals surface area contributed by atoms with Gasteiger partial charge >= 0.3 is 0 Å². The summed E-state index contributed by atoms with van der Waals surface area (Å²) in [5.41, 5.74) is 0. The highest BCUT2D eigenvalue weighted by atomic mass is 16.5. The molecule has 1 aliphatic carbocycles. The fourth-order valence-corrected chi connectivity index (χ4v) is 3.03.